The zero-order valence-electron chi connectivity index (χ0n) is 16.9. The van der Waals surface area contributed by atoms with Crippen molar-refractivity contribution in [3.05, 3.63) is 101 Å². The molecule has 0 saturated carbocycles. The van der Waals surface area contributed by atoms with Gasteiger partial charge >= 0.3 is 0 Å². The SMILES string of the molecule is CCO[C@@H](c1ccccc1)c1ccc2c(c1)CN(C(=O)c1cccc(F)c1)CCO2. The van der Waals surface area contributed by atoms with E-state index in [-0.39, 0.29) is 12.0 Å². The molecular formula is C25H24FNO3. The van der Waals surface area contributed by atoms with Gasteiger partial charge in [0.05, 0.1) is 6.54 Å². The molecule has 0 radical (unpaired) electrons. The maximum atomic E-state index is 13.6. The Balaban J connectivity index is 1.63. The molecule has 4 rings (SSSR count). The van der Waals surface area contributed by atoms with Gasteiger partial charge in [0.1, 0.15) is 24.3 Å². The van der Waals surface area contributed by atoms with Crippen LogP contribution >= 0.6 is 0 Å². The molecule has 0 aromatic heterocycles. The van der Waals surface area contributed by atoms with E-state index in [1.54, 1.807) is 17.0 Å². The molecule has 1 aliphatic rings. The van der Waals surface area contributed by atoms with E-state index in [9.17, 15) is 9.18 Å². The molecule has 154 valence electrons. The Morgan fingerprint density at radius 3 is 2.67 bits per heavy atom. The van der Waals surface area contributed by atoms with Crippen LogP contribution < -0.4 is 4.74 Å². The van der Waals surface area contributed by atoms with Gasteiger partial charge in [-0.1, -0.05) is 42.5 Å². The second-order valence-corrected chi connectivity index (χ2v) is 7.20. The fraction of sp³-hybridized carbons (Fsp3) is 0.240. The molecular weight excluding hydrogens is 381 g/mol. The molecule has 0 saturated heterocycles. The van der Waals surface area contributed by atoms with Crippen LogP contribution in [-0.4, -0.2) is 30.6 Å². The highest BCUT2D eigenvalue weighted by molar-refractivity contribution is 5.94. The third kappa shape index (κ3) is 4.36. The predicted octanol–water partition coefficient (Wildman–Crippen LogP) is 4.99. The summed E-state index contributed by atoms with van der Waals surface area (Å²) in [6.45, 7) is 3.78. The highest BCUT2D eigenvalue weighted by Crippen LogP contribution is 2.32. The van der Waals surface area contributed by atoms with Crippen molar-refractivity contribution < 1.29 is 18.7 Å². The van der Waals surface area contributed by atoms with Crippen molar-refractivity contribution in [2.24, 2.45) is 0 Å². The number of rotatable bonds is 5. The van der Waals surface area contributed by atoms with Crippen LogP contribution in [0.2, 0.25) is 0 Å². The van der Waals surface area contributed by atoms with Crippen molar-refractivity contribution in [2.75, 3.05) is 19.8 Å². The van der Waals surface area contributed by atoms with Crippen LogP contribution in [0, 0.1) is 5.82 Å². The Bertz CT molecular complexity index is 1020. The number of ether oxygens (including phenoxy) is 2. The number of hydrogen-bond acceptors (Lipinski definition) is 3. The summed E-state index contributed by atoms with van der Waals surface area (Å²) < 4.78 is 25.5. The fourth-order valence-corrected chi connectivity index (χ4v) is 3.73. The number of benzene rings is 3. The Labute approximate surface area is 175 Å². The van der Waals surface area contributed by atoms with Crippen molar-refractivity contribution in [1.29, 1.82) is 0 Å². The smallest absolute Gasteiger partial charge is 0.254 e. The summed E-state index contributed by atoms with van der Waals surface area (Å²) in [6, 6.07) is 21.8. The van der Waals surface area contributed by atoms with Crippen molar-refractivity contribution in [3.8, 4) is 5.75 Å². The van der Waals surface area contributed by atoms with Gasteiger partial charge in [-0.15, -0.1) is 0 Å². The standard InChI is InChI=1S/C25H24FNO3/c1-2-29-24(18-7-4-3-5-8-18)19-11-12-23-21(15-19)17-27(13-14-30-23)25(28)20-9-6-10-22(26)16-20/h3-12,15-16,24H,2,13-14,17H2,1H3/t24-/m0/s1. The summed E-state index contributed by atoms with van der Waals surface area (Å²) in [6.07, 6.45) is -0.197. The van der Waals surface area contributed by atoms with Gasteiger partial charge in [0.15, 0.2) is 0 Å². The molecule has 1 aliphatic heterocycles. The van der Waals surface area contributed by atoms with E-state index in [2.05, 4.69) is 0 Å². The monoisotopic (exact) mass is 405 g/mol. The number of hydrogen-bond donors (Lipinski definition) is 0. The highest BCUT2D eigenvalue weighted by Gasteiger charge is 2.23. The zero-order valence-corrected chi connectivity index (χ0v) is 16.9. The molecule has 3 aromatic carbocycles. The van der Waals surface area contributed by atoms with Gasteiger partial charge in [0.25, 0.3) is 5.91 Å². The maximum Gasteiger partial charge on any atom is 0.254 e. The van der Waals surface area contributed by atoms with Gasteiger partial charge in [-0.05, 0) is 48.4 Å². The van der Waals surface area contributed by atoms with E-state index in [1.165, 1.54) is 12.1 Å². The summed E-state index contributed by atoms with van der Waals surface area (Å²) in [5, 5.41) is 0. The molecule has 1 atom stereocenters. The Kier molecular flexibility index (Phi) is 6.10. The molecule has 1 amide bonds. The lowest BCUT2D eigenvalue weighted by Gasteiger charge is -2.22. The van der Waals surface area contributed by atoms with Crippen molar-refractivity contribution in [2.45, 2.75) is 19.6 Å². The third-order valence-corrected chi connectivity index (χ3v) is 5.16. The first-order valence-electron chi connectivity index (χ1n) is 10.1. The third-order valence-electron chi connectivity index (χ3n) is 5.16. The number of nitrogens with zero attached hydrogens (tertiary/aromatic N) is 1. The Morgan fingerprint density at radius 1 is 1.07 bits per heavy atom. The Hall–Kier alpha value is -3.18. The van der Waals surface area contributed by atoms with Gasteiger partial charge in [0.2, 0.25) is 0 Å². The molecule has 4 nitrogen and oxygen atoms in total. The summed E-state index contributed by atoms with van der Waals surface area (Å²) in [7, 11) is 0. The number of carbonyl (C=O) groups is 1. The molecule has 0 bridgehead atoms. The summed E-state index contributed by atoms with van der Waals surface area (Å²) >= 11 is 0. The Morgan fingerprint density at radius 2 is 1.90 bits per heavy atom. The van der Waals surface area contributed by atoms with Crippen LogP contribution in [0.15, 0.2) is 72.8 Å². The lowest BCUT2D eigenvalue weighted by atomic mass is 9.98. The number of amides is 1. The number of fused-ring (bicyclic) bond motifs is 1. The topological polar surface area (TPSA) is 38.8 Å². The molecule has 0 aliphatic carbocycles. The van der Waals surface area contributed by atoms with E-state index in [0.29, 0.717) is 31.9 Å². The van der Waals surface area contributed by atoms with Crippen molar-refractivity contribution in [3.63, 3.8) is 0 Å². The largest absolute Gasteiger partial charge is 0.491 e. The van der Waals surface area contributed by atoms with Crippen LogP contribution in [0.4, 0.5) is 4.39 Å². The minimum absolute atomic E-state index is 0.197. The van der Waals surface area contributed by atoms with Crippen LogP contribution in [0.5, 0.6) is 5.75 Å². The number of carbonyl (C=O) groups excluding carboxylic acids is 1. The second-order valence-electron chi connectivity index (χ2n) is 7.20. The summed E-state index contributed by atoms with van der Waals surface area (Å²) in [5.41, 5.74) is 3.33. The molecule has 5 heteroatoms. The lowest BCUT2D eigenvalue weighted by Crippen LogP contribution is -2.32. The normalized spacial score (nSPS) is 14.4. The molecule has 0 unspecified atom stereocenters. The minimum atomic E-state index is -0.419. The molecule has 3 aromatic rings. The van der Waals surface area contributed by atoms with E-state index >= 15 is 0 Å². The van der Waals surface area contributed by atoms with Gasteiger partial charge in [-0.3, -0.25) is 4.79 Å². The van der Waals surface area contributed by atoms with Gasteiger partial charge < -0.3 is 14.4 Å². The number of halogens is 1. The van der Waals surface area contributed by atoms with E-state index < -0.39 is 5.82 Å². The summed E-state index contributed by atoms with van der Waals surface area (Å²) in [5.74, 6) is 0.134. The average molecular weight is 405 g/mol. The highest BCUT2D eigenvalue weighted by atomic mass is 19.1. The van der Waals surface area contributed by atoms with Crippen molar-refractivity contribution in [1.82, 2.24) is 4.90 Å². The van der Waals surface area contributed by atoms with E-state index in [1.807, 2.05) is 55.5 Å². The van der Waals surface area contributed by atoms with Gasteiger partial charge in [-0.25, -0.2) is 4.39 Å². The first-order chi connectivity index (χ1) is 14.7. The second kappa shape index (κ2) is 9.09. The lowest BCUT2D eigenvalue weighted by molar-refractivity contribution is 0.0732. The van der Waals surface area contributed by atoms with E-state index in [4.69, 9.17) is 9.47 Å². The molecule has 0 spiro atoms. The maximum absolute atomic E-state index is 13.6. The first kappa shape index (κ1) is 20.1. The van der Waals surface area contributed by atoms with Gasteiger partial charge in [-0.2, -0.15) is 0 Å². The van der Waals surface area contributed by atoms with Crippen molar-refractivity contribution >= 4 is 5.91 Å². The molecule has 0 N–H and O–H groups in total. The van der Waals surface area contributed by atoms with Crippen LogP contribution in [0.3, 0.4) is 0 Å². The minimum Gasteiger partial charge on any atom is -0.491 e. The molecule has 30 heavy (non-hydrogen) atoms. The first-order valence-corrected chi connectivity index (χ1v) is 10.1. The van der Waals surface area contributed by atoms with Crippen LogP contribution in [-0.2, 0) is 11.3 Å². The fourth-order valence-electron chi connectivity index (χ4n) is 3.73. The molecule has 1 heterocycles. The quantitative estimate of drug-likeness (QED) is 0.601. The van der Waals surface area contributed by atoms with E-state index in [0.717, 1.165) is 22.4 Å². The average Bonchev–Trinajstić information content (AvgIpc) is 2.99. The predicted molar refractivity (Wildman–Crippen MR) is 113 cm³/mol. The summed E-state index contributed by atoms with van der Waals surface area (Å²) in [4.78, 5) is 14.6. The van der Waals surface area contributed by atoms with Crippen LogP contribution in [0.1, 0.15) is 40.1 Å². The van der Waals surface area contributed by atoms with Gasteiger partial charge in [0, 0.05) is 24.3 Å². The zero-order chi connectivity index (χ0) is 20.9. The molecule has 0 fully saturated rings. The van der Waals surface area contributed by atoms with Crippen LogP contribution in [0.25, 0.3) is 0 Å².